The first kappa shape index (κ1) is 36.4. The minimum Gasteiger partial charge on any atom is -0.497 e. The lowest BCUT2D eigenvalue weighted by molar-refractivity contribution is 0.0587. The fraction of sp³-hybridized carbons (Fsp3) is 0.300. The summed E-state index contributed by atoms with van der Waals surface area (Å²) in [6, 6.07) is 21.2. The second-order valence-electron chi connectivity index (χ2n) is 13.0. The van der Waals surface area contributed by atoms with Crippen LogP contribution in [0.5, 0.6) is 11.5 Å². The Bertz CT molecular complexity index is 2430. The van der Waals surface area contributed by atoms with Crippen LogP contribution in [-0.4, -0.2) is 60.0 Å². The topological polar surface area (TPSA) is 116 Å². The minimum atomic E-state index is -3.80. The van der Waals surface area contributed by atoms with E-state index in [1.54, 1.807) is 13.2 Å². The Morgan fingerprint density at radius 2 is 1.81 bits per heavy atom. The van der Waals surface area contributed by atoms with E-state index in [4.69, 9.17) is 25.8 Å². The molecule has 53 heavy (non-hydrogen) atoms. The number of aromatic nitrogens is 3. The van der Waals surface area contributed by atoms with Crippen LogP contribution in [-0.2, 0) is 47.2 Å². The van der Waals surface area contributed by atoms with Crippen molar-refractivity contribution in [3.05, 3.63) is 112 Å². The number of rotatable bonds is 10. The Morgan fingerprint density at radius 3 is 2.57 bits per heavy atom. The molecule has 0 radical (unpaired) electrons. The molecule has 1 N–H and O–H groups in total. The van der Waals surface area contributed by atoms with Gasteiger partial charge in [0.15, 0.2) is 0 Å². The first-order chi connectivity index (χ1) is 25.6. The average molecular weight is 759 g/mol. The number of nitrogens with one attached hydrogen (secondary N) is 1. The number of carbonyl (C=O) groups excluding carboxylic acids is 1. The zero-order valence-electron chi connectivity index (χ0n) is 29.7. The van der Waals surface area contributed by atoms with Crippen LogP contribution in [0.15, 0.2) is 72.8 Å². The van der Waals surface area contributed by atoms with Crippen molar-refractivity contribution >= 4 is 49.3 Å². The largest absolute Gasteiger partial charge is 0.497 e. The van der Waals surface area contributed by atoms with Crippen LogP contribution in [0.25, 0.3) is 32.8 Å². The fourth-order valence-corrected chi connectivity index (χ4v) is 8.97. The van der Waals surface area contributed by atoms with Gasteiger partial charge in [0.25, 0.3) is 0 Å². The molecule has 2 aromatic heterocycles. The van der Waals surface area contributed by atoms with Gasteiger partial charge in [0, 0.05) is 35.0 Å². The molecule has 0 spiro atoms. The number of fused-ring (bicyclic) bond motifs is 3. The summed E-state index contributed by atoms with van der Waals surface area (Å²) in [5.74, 6) is 0.324. The van der Waals surface area contributed by atoms with Crippen molar-refractivity contribution in [3.8, 4) is 22.6 Å². The van der Waals surface area contributed by atoms with Crippen LogP contribution in [0, 0.1) is 5.82 Å². The summed E-state index contributed by atoms with van der Waals surface area (Å²) in [6.45, 7) is 2.73. The summed E-state index contributed by atoms with van der Waals surface area (Å²) in [4.78, 5) is 13.7. The van der Waals surface area contributed by atoms with Crippen LogP contribution in [0.1, 0.15) is 52.8 Å². The van der Waals surface area contributed by atoms with Gasteiger partial charge in [-0.3, -0.25) is 5.10 Å². The van der Waals surface area contributed by atoms with E-state index >= 15 is 0 Å². The number of H-pyrrole nitrogens is 1. The van der Waals surface area contributed by atoms with Crippen molar-refractivity contribution in [2.45, 2.75) is 52.2 Å². The summed E-state index contributed by atoms with van der Waals surface area (Å²) in [5, 5.41) is 10.6. The van der Waals surface area contributed by atoms with E-state index < -0.39 is 16.0 Å². The Labute approximate surface area is 312 Å². The Kier molecular flexibility index (Phi) is 10.5. The van der Waals surface area contributed by atoms with Crippen LogP contribution >= 0.6 is 11.6 Å². The van der Waals surface area contributed by atoms with Gasteiger partial charge in [-0.2, -0.15) is 9.40 Å². The highest BCUT2D eigenvalue weighted by atomic mass is 35.5. The van der Waals surface area contributed by atoms with Crippen LogP contribution in [0.3, 0.4) is 0 Å². The fourth-order valence-electron chi connectivity index (χ4n) is 7.30. The predicted molar refractivity (Wildman–Crippen MR) is 204 cm³/mol. The van der Waals surface area contributed by atoms with Gasteiger partial charge in [-0.05, 0) is 84.7 Å². The molecule has 1 aliphatic heterocycles. The molecule has 6 aromatic rings. The SMILES string of the molecule is CCc1n[nH]c2c1-c1c(Cl)ccc3c(CCCOc4cccc5cc(F)ccc45)c(C(=O)OC)n(c13)CCCS(=O)(=O)N(Cc1ccc(OC)cc1)C2. The molecule has 10 nitrogen and oxygen atoms in total. The second-order valence-corrected chi connectivity index (χ2v) is 15.5. The number of hydrogen-bond acceptors (Lipinski definition) is 7. The first-order valence-corrected chi connectivity index (χ1v) is 19.5. The number of ether oxygens (including phenoxy) is 3. The van der Waals surface area contributed by atoms with E-state index in [0.717, 1.165) is 44.1 Å². The van der Waals surface area contributed by atoms with Gasteiger partial charge >= 0.3 is 5.97 Å². The monoisotopic (exact) mass is 758 g/mol. The molecule has 276 valence electrons. The van der Waals surface area contributed by atoms with Crippen LogP contribution < -0.4 is 9.47 Å². The van der Waals surface area contributed by atoms with Gasteiger partial charge < -0.3 is 18.8 Å². The van der Waals surface area contributed by atoms with E-state index in [2.05, 4.69) is 10.2 Å². The molecule has 0 amide bonds. The quantitative estimate of drug-likeness (QED) is 0.111. The molecule has 0 aliphatic carbocycles. The summed E-state index contributed by atoms with van der Waals surface area (Å²) >= 11 is 7.10. The normalized spacial score (nSPS) is 14.5. The number of nitrogens with zero attached hydrogens (tertiary/aromatic N) is 3. The standard InChI is InChI=1S/C40H40ClFN4O6S/c1-4-33-37-34(44-43-33)24-45(23-25-11-14-28(50-2)15-12-25)53(48,49)21-7-19-46-38-31(17-18-32(41)36(37)38)30(39(46)40(47)51-3)9-6-20-52-35-10-5-8-26-22-27(42)13-16-29(26)35/h5,8,10-18,22H,4,6-7,9,19-21,23-24H2,1-3H3,(H,43,44). The molecule has 7 rings (SSSR count). The number of halogens is 2. The Balaban J connectivity index is 1.30. The lowest BCUT2D eigenvalue weighted by Gasteiger charge is -2.22. The van der Waals surface area contributed by atoms with Gasteiger partial charge in [-0.15, -0.1) is 0 Å². The zero-order valence-corrected chi connectivity index (χ0v) is 31.3. The van der Waals surface area contributed by atoms with Gasteiger partial charge in [0.1, 0.15) is 23.0 Å². The maximum atomic E-state index is 14.1. The van der Waals surface area contributed by atoms with E-state index in [1.165, 1.54) is 23.5 Å². The highest BCUT2D eigenvalue weighted by Gasteiger charge is 2.32. The molecule has 0 saturated carbocycles. The number of carbonyl (C=O) groups is 1. The third kappa shape index (κ3) is 7.10. The smallest absolute Gasteiger partial charge is 0.354 e. The summed E-state index contributed by atoms with van der Waals surface area (Å²) in [5.41, 5.74) is 5.38. The second kappa shape index (κ2) is 15.2. The maximum absolute atomic E-state index is 14.1. The van der Waals surface area contributed by atoms with E-state index in [9.17, 15) is 17.6 Å². The number of esters is 1. The number of benzene rings is 4. The number of hydrogen-bond donors (Lipinski definition) is 1. The average Bonchev–Trinajstić information content (AvgIpc) is 3.70. The molecule has 0 saturated heterocycles. The molecular formula is C40H40ClFN4O6S. The van der Waals surface area contributed by atoms with Crippen molar-refractivity contribution in [1.82, 2.24) is 19.1 Å². The molecule has 4 aromatic carbocycles. The molecule has 0 unspecified atom stereocenters. The zero-order chi connectivity index (χ0) is 37.3. The van der Waals surface area contributed by atoms with Gasteiger partial charge in [0.05, 0.1) is 55.1 Å². The molecule has 1 aliphatic rings. The van der Waals surface area contributed by atoms with Crippen molar-refractivity contribution in [2.24, 2.45) is 0 Å². The maximum Gasteiger partial charge on any atom is 0.354 e. The van der Waals surface area contributed by atoms with E-state index in [0.29, 0.717) is 59.3 Å². The Hall–Kier alpha value is -4.91. The molecule has 3 heterocycles. The third-order valence-corrected chi connectivity index (χ3v) is 12.0. The predicted octanol–water partition coefficient (Wildman–Crippen LogP) is 8.08. The van der Waals surface area contributed by atoms with Crippen LogP contribution in [0.2, 0.25) is 5.02 Å². The van der Waals surface area contributed by atoms with Gasteiger partial charge in [0.2, 0.25) is 10.0 Å². The lowest BCUT2D eigenvalue weighted by Crippen LogP contribution is -2.33. The molecule has 0 fully saturated rings. The van der Waals surface area contributed by atoms with Crippen molar-refractivity contribution in [1.29, 1.82) is 0 Å². The number of sulfonamides is 1. The third-order valence-electron chi connectivity index (χ3n) is 9.82. The molecule has 0 atom stereocenters. The van der Waals surface area contributed by atoms with Crippen molar-refractivity contribution < 1.29 is 31.8 Å². The summed E-state index contributed by atoms with van der Waals surface area (Å²) in [6.07, 6.45) is 1.79. The number of aryl methyl sites for hydroxylation is 3. The Morgan fingerprint density at radius 1 is 1.02 bits per heavy atom. The van der Waals surface area contributed by atoms with Gasteiger partial charge in [-0.25, -0.2) is 17.6 Å². The molecular weight excluding hydrogens is 719 g/mol. The van der Waals surface area contributed by atoms with Crippen molar-refractivity contribution in [2.75, 3.05) is 26.6 Å². The minimum absolute atomic E-state index is 0.0407. The van der Waals surface area contributed by atoms with Gasteiger partial charge in [-0.1, -0.05) is 48.9 Å². The van der Waals surface area contributed by atoms with Crippen molar-refractivity contribution in [3.63, 3.8) is 0 Å². The van der Waals surface area contributed by atoms with E-state index in [-0.39, 0.29) is 37.6 Å². The molecule has 13 heteroatoms. The van der Waals surface area contributed by atoms with Crippen LogP contribution in [0.4, 0.5) is 4.39 Å². The number of aromatic amines is 1. The molecule has 0 bridgehead atoms. The number of methoxy groups -OCH3 is 2. The first-order valence-electron chi connectivity index (χ1n) is 17.5. The highest BCUT2D eigenvalue weighted by molar-refractivity contribution is 7.89. The van der Waals surface area contributed by atoms with E-state index in [1.807, 2.05) is 66.1 Å². The highest BCUT2D eigenvalue weighted by Crippen LogP contribution is 2.43. The summed E-state index contributed by atoms with van der Waals surface area (Å²) < 4.78 is 62.3. The summed E-state index contributed by atoms with van der Waals surface area (Å²) in [7, 11) is -0.874. The lowest BCUT2D eigenvalue weighted by atomic mass is 9.97.